The number of hydrogen-bond donors (Lipinski definition) is 3. The Bertz CT molecular complexity index is 2080. The molecule has 248 valence electrons. The third kappa shape index (κ3) is 7.76. The monoisotopic (exact) mass is 688 g/mol. The van der Waals surface area contributed by atoms with E-state index in [1.165, 1.54) is 0 Å². The van der Waals surface area contributed by atoms with Gasteiger partial charge in [0.05, 0.1) is 35.3 Å². The molecular formula is C37H36N8O2S2. The lowest BCUT2D eigenvalue weighted by Gasteiger charge is -2.14. The lowest BCUT2D eigenvalue weighted by Crippen LogP contribution is -2.15. The maximum Gasteiger partial charge on any atom is 0.233 e. The fourth-order valence-corrected chi connectivity index (χ4v) is 7.28. The molecule has 0 saturated heterocycles. The minimum absolute atomic E-state index is 0.266. The van der Waals surface area contributed by atoms with Gasteiger partial charge in [-0.3, -0.25) is 4.99 Å². The first-order valence-electron chi connectivity index (χ1n) is 16.1. The second-order valence-electron chi connectivity index (χ2n) is 11.4. The highest BCUT2D eigenvalue weighted by Gasteiger charge is 2.21. The molecule has 6 aromatic rings. The SMILES string of the molecule is CCCCOc1ccc(Nc2nc(Nc3ccccc3-c3nc4c(C)cccc4s3)nc(NC3N=C(c4ccc(OC)cc4)CS3)n2)cc1. The fourth-order valence-electron chi connectivity index (χ4n) is 5.25. The van der Waals surface area contributed by atoms with Gasteiger partial charge in [0.25, 0.3) is 0 Å². The molecule has 0 radical (unpaired) electrons. The number of hydrogen-bond acceptors (Lipinski definition) is 12. The number of aliphatic imine (C=N–C) groups is 1. The van der Waals surface area contributed by atoms with E-state index in [0.29, 0.717) is 24.5 Å². The molecule has 0 bridgehead atoms. The second kappa shape index (κ2) is 14.9. The Morgan fingerprint density at radius 1 is 0.796 bits per heavy atom. The molecule has 0 aliphatic carbocycles. The van der Waals surface area contributed by atoms with Crippen molar-refractivity contribution in [2.24, 2.45) is 4.99 Å². The van der Waals surface area contributed by atoms with Crippen molar-refractivity contribution in [2.45, 2.75) is 32.2 Å². The number of fused-ring (bicyclic) bond motifs is 1. The Morgan fingerprint density at radius 2 is 1.55 bits per heavy atom. The Morgan fingerprint density at radius 3 is 2.33 bits per heavy atom. The number of para-hydroxylation sites is 2. The molecule has 3 heterocycles. The van der Waals surface area contributed by atoms with Gasteiger partial charge in [0.15, 0.2) is 5.50 Å². The summed E-state index contributed by atoms with van der Waals surface area (Å²) >= 11 is 3.34. The maximum absolute atomic E-state index is 5.84. The van der Waals surface area contributed by atoms with E-state index in [1.54, 1.807) is 30.2 Å². The topological polar surface area (TPSA) is 118 Å². The van der Waals surface area contributed by atoms with Crippen LogP contribution in [0.2, 0.25) is 0 Å². The number of aromatic nitrogens is 4. The predicted molar refractivity (Wildman–Crippen MR) is 202 cm³/mol. The second-order valence-corrected chi connectivity index (χ2v) is 13.5. The molecule has 1 atom stereocenters. The largest absolute Gasteiger partial charge is 0.497 e. The van der Waals surface area contributed by atoms with Gasteiger partial charge in [-0.15, -0.1) is 23.1 Å². The molecular weight excluding hydrogens is 653 g/mol. The predicted octanol–water partition coefficient (Wildman–Crippen LogP) is 9.06. The van der Waals surface area contributed by atoms with Crippen LogP contribution in [0, 0.1) is 6.92 Å². The Hall–Kier alpha value is -5.20. The van der Waals surface area contributed by atoms with Gasteiger partial charge in [0.2, 0.25) is 17.8 Å². The van der Waals surface area contributed by atoms with E-state index < -0.39 is 0 Å². The highest BCUT2D eigenvalue weighted by molar-refractivity contribution is 8.01. The van der Waals surface area contributed by atoms with Crippen LogP contribution in [-0.2, 0) is 0 Å². The van der Waals surface area contributed by atoms with Gasteiger partial charge in [-0.25, -0.2) is 4.98 Å². The van der Waals surface area contributed by atoms with Crippen LogP contribution < -0.4 is 25.4 Å². The van der Waals surface area contributed by atoms with Gasteiger partial charge in [-0.2, -0.15) is 15.0 Å². The first-order valence-corrected chi connectivity index (χ1v) is 18.0. The minimum atomic E-state index is -0.266. The Balaban J connectivity index is 1.17. The van der Waals surface area contributed by atoms with E-state index in [0.717, 1.165) is 79.1 Å². The van der Waals surface area contributed by atoms with Gasteiger partial charge < -0.3 is 25.4 Å². The number of unbranched alkanes of at least 4 members (excludes halogenated alkanes) is 1. The Kier molecular flexibility index (Phi) is 9.85. The number of benzene rings is 4. The summed E-state index contributed by atoms with van der Waals surface area (Å²) in [6.07, 6.45) is 2.10. The van der Waals surface area contributed by atoms with Crippen molar-refractivity contribution in [1.82, 2.24) is 19.9 Å². The van der Waals surface area contributed by atoms with E-state index in [9.17, 15) is 0 Å². The van der Waals surface area contributed by atoms with Crippen LogP contribution in [0.4, 0.5) is 29.2 Å². The molecule has 0 fully saturated rings. The highest BCUT2D eigenvalue weighted by Crippen LogP contribution is 2.36. The molecule has 12 heteroatoms. The summed E-state index contributed by atoms with van der Waals surface area (Å²) in [6.45, 7) is 4.93. The van der Waals surface area contributed by atoms with Crippen LogP contribution in [0.1, 0.15) is 30.9 Å². The summed E-state index contributed by atoms with van der Waals surface area (Å²) in [5.41, 5.74) is 6.58. The van der Waals surface area contributed by atoms with Crippen LogP contribution in [0.15, 0.2) is 96.0 Å². The van der Waals surface area contributed by atoms with Crippen molar-refractivity contribution < 1.29 is 9.47 Å². The first-order chi connectivity index (χ1) is 24.0. The molecule has 0 amide bonds. The fraction of sp³-hybridized carbons (Fsp3) is 0.216. The summed E-state index contributed by atoms with van der Waals surface area (Å²) in [4.78, 5) is 24.2. The first kappa shape index (κ1) is 32.4. The van der Waals surface area contributed by atoms with Crippen molar-refractivity contribution >= 4 is 68.2 Å². The number of ether oxygens (including phenoxy) is 2. The molecule has 1 aliphatic rings. The highest BCUT2D eigenvalue weighted by atomic mass is 32.2. The molecule has 4 aromatic carbocycles. The molecule has 10 nitrogen and oxygen atoms in total. The van der Waals surface area contributed by atoms with E-state index >= 15 is 0 Å². The number of thioether (sulfide) groups is 1. The molecule has 49 heavy (non-hydrogen) atoms. The number of nitrogens with one attached hydrogen (secondary N) is 3. The summed E-state index contributed by atoms with van der Waals surface area (Å²) in [6, 6.07) is 30.1. The number of anilines is 5. The third-order valence-corrected chi connectivity index (χ3v) is 9.90. The van der Waals surface area contributed by atoms with Crippen LogP contribution in [-0.4, -0.2) is 50.6 Å². The number of methoxy groups -OCH3 is 1. The molecule has 7 rings (SSSR count). The zero-order chi connectivity index (χ0) is 33.6. The van der Waals surface area contributed by atoms with Crippen LogP contribution >= 0.6 is 23.1 Å². The van der Waals surface area contributed by atoms with Crippen molar-refractivity contribution in [3.8, 4) is 22.1 Å². The van der Waals surface area contributed by atoms with Crippen molar-refractivity contribution in [1.29, 1.82) is 0 Å². The Labute approximate surface area is 293 Å². The van der Waals surface area contributed by atoms with Crippen LogP contribution in [0.25, 0.3) is 20.8 Å². The minimum Gasteiger partial charge on any atom is -0.497 e. The summed E-state index contributed by atoms with van der Waals surface area (Å²) in [7, 11) is 1.66. The van der Waals surface area contributed by atoms with Crippen molar-refractivity contribution in [3.05, 3.63) is 102 Å². The van der Waals surface area contributed by atoms with Crippen LogP contribution in [0.5, 0.6) is 11.5 Å². The van der Waals surface area contributed by atoms with Gasteiger partial charge in [-0.05, 0) is 91.2 Å². The summed E-state index contributed by atoms with van der Waals surface area (Å²) < 4.78 is 12.3. The zero-order valence-corrected chi connectivity index (χ0v) is 29.1. The molecule has 0 spiro atoms. The summed E-state index contributed by atoms with van der Waals surface area (Å²) in [5.74, 6) is 3.55. The molecule has 2 aromatic heterocycles. The van der Waals surface area contributed by atoms with E-state index in [1.807, 2.05) is 66.7 Å². The number of rotatable bonds is 13. The normalized spacial score (nSPS) is 14.0. The molecule has 3 N–H and O–H groups in total. The summed E-state index contributed by atoms with van der Waals surface area (Å²) in [5, 5.41) is 11.1. The van der Waals surface area contributed by atoms with Gasteiger partial charge >= 0.3 is 0 Å². The molecule has 1 unspecified atom stereocenters. The number of aryl methyl sites for hydroxylation is 1. The average molecular weight is 689 g/mol. The van der Waals surface area contributed by atoms with E-state index in [4.69, 9.17) is 34.4 Å². The van der Waals surface area contributed by atoms with Crippen LogP contribution in [0.3, 0.4) is 0 Å². The zero-order valence-electron chi connectivity index (χ0n) is 27.4. The van der Waals surface area contributed by atoms with Gasteiger partial charge in [0.1, 0.15) is 16.5 Å². The molecule has 0 saturated carbocycles. The lowest BCUT2D eigenvalue weighted by molar-refractivity contribution is 0.309. The maximum atomic E-state index is 5.84. The number of thiazole rings is 1. The average Bonchev–Trinajstić information content (AvgIpc) is 3.78. The third-order valence-electron chi connectivity index (χ3n) is 7.86. The number of nitrogens with zero attached hydrogens (tertiary/aromatic N) is 5. The smallest absolute Gasteiger partial charge is 0.233 e. The van der Waals surface area contributed by atoms with E-state index in [2.05, 4.69) is 54.1 Å². The van der Waals surface area contributed by atoms with Gasteiger partial charge in [0, 0.05) is 17.0 Å². The van der Waals surface area contributed by atoms with Gasteiger partial charge in [-0.1, -0.05) is 37.6 Å². The van der Waals surface area contributed by atoms with E-state index in [-0.39, 0.29) is 5.50 Å². The quantitative estimate of drug-likeness (QED) is 0.101. The molecule has 1 aliphatic heterocycles. The lowest BCUT2D eigenvalue weighted by atomic mass is 10.1. The van der Waals surface area contributed by atoms with Crippen molar-refractivity contribution in [3.63, 3.8) is 0 Å². The van der Waals surface area contributed by atoms with Crippen molar-refractivity contribution in [2.75, 3.05) is 35.4 Å². The standard InChI is InChI=1S/C37H36N8O2S2/c1-4-5-21-47-27-19-15-25(16-20-27)38-34-42-35(39-29-11-7-6-10-28(29)33-41-32-23(2)9-8-12-31(32)49-33)44-36(43-34)45-37-40-30(22-48-37)24-13-17-26(46-3)18-14-24/h6-20,37H,4-5,21-22H2,1-3H3,(H3,38,39,42,43,44,45).